The van der Waals surface area contributed by atoms with Gasteiger partial charge in [0.05, 0.1) is 18.2 Å². The molecule has 2 aromatic rings. The summed E-state index contributed by atoms with van der Waals surface area (Å²) < 4.78 is 1.74. The number of nitrogens with one attached hydrogen (secondary N) is 1. The number of aliphatic hydroxyl groups is 1. The minimum atomic E-state index is -0.744. The van der Waals surface area contributed by atoms with Crippen LogP contribution in [0.15, 0.2) is 18.5 Å². The van der Waals surface area contributed by atoms with E-state index in [-0.39, 0.29) is 12.1 Å². The van der Waals surface area contributed by atoms with Gasteiger partial charge in [0.1, 0.15) is 6.33 Å². The summed E-state index contributed by atoms with van der Waals surface area (Å²) in [6.07, 6.45) is 1.21. The van der Waals surface area contributed by atoms with E-state index in [4.69, 9.17) is 23.2 Å². The summed E-state index contributed by atoms with van der Waals surface area (Å²) in [4.78, 5) is 14.1. The molecule has 0 radical (unpaired) electrons. The van der Waals surface area contributed by atoms with E-state index in [2.05, 4.69) is 15.5 Å². The van der Waals surface area contributed by atoms with Crippen LogP contribution in [0.1, 0.15) is 36.0 Å². The molecule has 0 spiro atoms. The van der Waals surface area contributed by atoms with E-state index < -0.39 is 12.1 Å². The van der Waals surface area contributed by atoms with E-state index in [9.17, 15) is 9.90 Å². The van der Waals surface area contributed by atoms with Gasteiger partial charge in [-0.1, -0.05) is 23.2 Å². The number of aromatic nitrogens is 3. The van der Waals surface area contributed by atoms with Gasteiger partial charge in [-0.3, -0.25) is 0 Å². The van der Waals surface area contributed by atoms with Crippen molar-refractivity contribution in [3.8, 4) is 0 Å². The maximum absolute atomic E-state index is 12.7. The topological polar surface area (TPSA) is 83.3 Å². The Morgan fingerprint density at radius 2 is 2.20 bits per heavy atom. The molecule has 0 unspecified atom stereocenters. The van der Waals surface area contributed by atoms with Crippen molar-refractivity contribution in [3.63, 3.8) is 0 Å². The van der Waals surface area contributed by atoms with Crippen molar-refractivity contribution in [2.75, 3.05) is 7.05 Å². The maximum atomic E-state index is 12.7. The highest BCUT2D eigenvalue weighted by atomic mass is 35.5. The smallest absolute Gasteiger partial charge is 0.318 e. The van der Waals surface area contributed by atoms with E-state index in [0.717, 1.165) is 11.1 Å². The third kappa shape index (κ3) is 3.31. The minimum absolute atomic E-state index is 0.330. The molecule has 25 heavy (non-hydrogen) atoms. The molecule has 134 valence electrons. The fourth-order valence-electron chi connectivity index (χ4n) is 3.26. The van der Waals surface area contributed by atoms with Crippen LogP contribution in [0.4, 0.5) is 4.79 Å². The molecule has 2 amide bonds. The van der Waals surface area contributed by atoms with Gasteiger partial charge in [0, 0.05) is 30.6 Å². The van der Waals surface area contributed by atoms with E-state index in [1.54, 1.807) is 30.1 Å². The van der Waals surface area contributed by atoms with Crippen molar-refractivity contribution in [1.82, 2.24) is 25.0 Å². The molecule has 1 aliphatic rings. The van der Waals surface area contributed by atoms with Crippen molar-refractivity contribution in [2.24, 2.45) is 7.05 Å². The lowest BCUT2D eigenvalue weighted by atomic mass is 10.1. The zero-order valence-electron chi connectivity index (χ0n) is 14.1. The first kappa shape index (κ1) is 18.0. The van der Waals surface area contributed by atoms with Crippen LogP contribution in [-0.4, -0.2) is 44.0 Å². The van der Waals surface area contributed by atoms with Crippen LogP contribution in [0.3, 0.4) is 0 Å². The lowest BCUT2D eigenvalue weighted by Crippen LogP contribution is -2.43. The van der Waals surface area contributed by atoms with Crippen LogP contribution >= 0.6 is 23.2 Å². The quantitative estimate of drug-likeness (QED) is 0.852. The number of carbonyl (C=O) groups is 1. The number of aliphatic hydroxyl groups excluding tert-OH is 1. The average Bonchev–Trinajstić information content (AvgIpc) is 3.09. The van der Waals surface area contributed by atoms with Crippen molar-refractivity contribution in [1.29, 1.82) is 0 Å². The Morgan fingerprint density at radius 3 is 2.84 bits per heavy atom. The molecule has 9 heteroatoms. The van der Waals surface area contributed by atoms with E-state index in [1.165, 1.54) is 4.90 Å². The highest BCUT2D eigenvalue weighted by molar-refractivity contribution is 6.35. The van der Waals surface area contributed by atoms with Crippen molar-refractivity contribution < 1.29 is 9.90 Å². The monoisotopic (exact) mass is 383 g/mol. The summed E-state index contributed by atoms with van der Waals surface area (Å²) in [5.41, 5.74) is 1.60. The Morgan fingerprint density at radius 1 is 1.48 bits per heavy atom. The molecule has 3 atom stereocenters. The predicted octanol–water partition coefficient (Wildman–Crippen LogP) is 2.48. The van der Waals surface area contributed by atoms with Crippen LogP contribution in [0.25, 0.3) is 0 Å². The molecule has 0 saturated carbocycles. The van der Waals surface area contributed by atoms with Crippen molar-refractivity contribution >= 4 is 29.2 Å². The van der Waals surface area contributed by atoms with Gasteiger partial charge in [-0.25, -0.2) is 4.79 Å². The van der Waals surface area contributed by atoms with Gasteiger partial charge in [0.15, 0.2) is 5.82 Å². The first-order valence-corrected chi connectivity index (χ1v) is 8.58. The Labute approximate surface area is 155 Å². The first-order chi connectivity index (χ1) is 11.8. The standard InChI is InChI=1S/C16H19Cl2N5O2/c1-8(15-21-19-7-22(15)2)20-16(25)23(3)14-11-4-9(17)5-12(18)10(11)6-13(14)24/h4-5,7-8,13-14,24H,6H2,1-3H3,(H,20,25)/t8-,13-,14-/m0/s1. The van der Waals surface area contributed by atoms with Crippen LogP contribution in [0.5, 0.6) is 0 Å². The fraction of sp³-hybridized carbons (Fsp3) is 0.438. The van der Waals surface area contributed by atoms with Crippen LogP contribution < -0.4 is 5.32 Å². The number of nitrogens with zero attached hydrogens (tertiary/aromatic N) is 4. The third-order valence-electron chi connectivity index (χ3n) is 4.50. The Bertz CT molecular complexity index is 810. The van der Waals surface area contributed by atoms with Gasteiger partial charge in [-0.05, 0) is 30.2 Å². The average molecular weight is 384 g/mol. The number of benzene rings is 1. The van der Waals surface area contributed by atoms with Gasteiger partial charge in [-0.2, -0.15) is 0 Å². The van der Waals surface area contributed by atoms with E-state index >= 15 is 0 Å². The fourth-order valence-corrected chi connectivity index (χ4v) is 3.85. The molecule has 1 heterocycles. The Hall–Kier alpha value is -1.83. The molecule has 1 aromatic heterocycles. The van der Waals surface area contributed by atoms with Crippen molar-refractivity contribution in [3.05, 3.63) is 45.5 Å². The summed E-state index contributed by atoms with van der Waals surface area (Å²) in [6.45, 7) is 1.82. The zero-order chi connectivity index (χ0) is 18.3. The summed E-state index contributed by atoms with van der Waals surface area (Å²) in [5, 5.41) is 22.1. The van der Waals surface area contributed by atoms with E-state index in [1.807, 2.05) is 14.0 Å². The SMILES string of the molecule is C[C@H](NC(=O)N(C)[C@H]1c2cc(Cl)cc(Cl)c2C[C@@H]1O)c1nncn1C. The number of rotatable bonds is 3. The number of amides is 2. The largest absolute Gasteiger partial charge is 0.390 e. The molecule has 0 bridgehead atoms. The summed E-state index contributed by atoms with van der Waals surface area (Å²) in [5.74, 6) is 0.639. The molecule has 0 aliphatic heterocycles. The molecule has 0 saturated heterocycles. The molecular weight excluding hydrogens is 365 g/mol. The van der Waals surface area contributed by atoms with Crippen LogP contribution in [-0.2, 0) is 13.5 Å². The van der Waals surface area contributed by atoms with Crippen molar-refractivity contribution in [2.45, 2.75) is 31.5 Å². The number of hydrogen-bond donors (Lipinski definition) is 2. The second kappa shape index (κ2) is 6.82. The molecule has 1 aromatic carbocycles. The number of likely N-dealkylation sites (N-methyl/N-ethyl adjacent to an activating group) is 1. The molecular formula is C16H19Cl2N5O2. The first-order valence-electron chi connectivity index (χ1n) is 7.82. The van der Waals surface area contributed by atoms with Crippen LogP contribution in [0.2, 0.25) is 10.0 Å². The minimum Gasteiger partial charge on any atom is -0.390 e. The summed E-state index contributed by atoms with van der Waals surface area (Å²) in [6, 6.07) is 2.22. The number of carbonyl (C=O) groups excluding carboxylic acids is 1. The second-order valence-electron chi connectivity index (χ2n) is 6.25. The lowest BCUT2D eigenvalue weighted by molar-refractivity contribution is 0.0883. The number of fused-ring (bicyclic) bond motifs is 1. The summed E-state index contributed by atoms with van der Waals surface area (Å²) >= 11 is 12.3. The van der Waals surface area contributed by atoms with Gasteiger partial charge < -0.3 is 19.9 Å². The van der Waals surface area contributed by atoms with E-state index in [0.29, 0.717) is 22.3 Å². The van der Waals surface area contributed by atoms with Crippen LogP contribution in [0, 0.1) is 0 Å². The highest BCUT2D eigenvalue weighted by Crippen LogP contribution is 2.40. The molecule has 1 aliphatic carbocycles. The maximum Gasteiger partial charge on any atom is 0.318 e. The Balaban J connectivity index is 1.80. The molecule has 7 nitrogen and oxygen atoms in total. The highest BCUT2D eigenvalue weighted by Gasteiger charge is 2.38. The molecule has 3 rings (SSSR count). The normalized spacial score (nSPS) is 20.2. The summed E-state index contributed by atoms with van der Waals surface area (Å²) in [7, 11) is 3.44. The van der Waals surface area contributed by atoms with Gasteiger partial charge in [0.2, 0.25) is 0 Å². The number of aryl methyl sites for hydroxylation is 1. The zero-order valence-corrected chi connectivity index (χ0v) is 15.6. The second-order valence-corrected chi connectivity index (χ2v) is 7.10. The third-order valence-corrected chi connectivity index (χ3v) is 5.06. The molecule has 0 fully saturated rings. The van der Waals surface area contributed by atoms with Gasteiger partial charge in [0.25, 0.3) is 0 Å². The predicted molar refractivity (Wildman–Crippen MR) is 94.6 cm³/mol. The number of urea groups is 1. The lowest BCUT2D eigenvalue weighted by Gasteiger charge is -2.29. The molecule has 2 N–H and O–H groups in total. The number of halogens is 2. The Kier molecular flexibility index (Phi) is 4.90. The number of hydrogen-bond acceptors (Lipinski definition) is 4. The van der Waals surface area contributed by atoms with Gasteiger partial charge >= 0.3 is 6.03 Å². The van der Waals surface area contributed by atoms with Gasteiger partial charge in [-0.15, -0.1) is 10.2 Å².